The highest BCUT2D eigenvalue weighted by Gasteiger charge is 2.39. The van der Waals surface area contributed by atoms with Gasteiger partial charge in [0.05, 0.1) is 0 Å². The van der Waals surface area contributed by atoms with Crippen LogP contribution in [0.5, 0.6) is 0 Å². The molecule has 0 aromatic rings. The van der Waals surface area contributed by atoms with Gasteiger partial charge in [0.1, 0.15) is 0 Å². The van der Waals surface area contributed by atoms with Gasteiger partial charge in [0.2, 0.25) is 0 Å². The van der Waals surface area contributed by atoms with Gasteiger partial charge < -0.3 is 5.73 Å². The van der Waals surface area contributed by atoms with E-state index in [0.717, 1.165) is 6.54 Å². The van der Waals surface area contributed by atoms with Crippen LogP contribution in [0.1, 0.15) is 59.3 Å². The minimum atomic E-state index is 0.240. The van der Waals surface area contributed by atoms with Crippen molar-refractivity contribution >= 4 is 11.8 Å². The summed E-state index contributed by atoms with van der Waals surface area (Å²) in [6, 6.07) is 0.666. The first-order valence-corrected chi connectivity index (χ1v) is 9.22. The fourth-order valence-electron chi connectivity index (χ4n) is 3.50. The Labute approximate surface area is 124 Å². The second-order valence-electron chi connectivity index (χ2n) is 7.07. The maximum atomic E-state index is 6.24. The normalized spacial score (nSPS) is 29.2. The van der Waals surface area contributed by atoms with Crippen LogP contribution in [0.25, 0.3) is 0 Å². The second kappa shape index (κ2) is 7.33. The Kier molecular flexibility index (Phi) is 6.68. The molecule has 0 aromatic carbocycles. The summed E-state index contributed by atoms with van der Waals surface area (Å²) in [6.45, 7) is 7.95. The number of hydrogen-bond acceptors (Lipinski definition) is 3. The van der Waals surface area contributed by atoms with Gasteiger partial charge in [-0.3, -0.25) is 4.90 Å². The highest BCUT2D eigenvalue weighted by molar-refractivity contribution is 7.98. The van der Waals surface area contributed by atoms with E-state index in [0.29, 0.717) is 11.5 Å². The van der Waals surface area contributed by atoms with Gasteiger partial charge in [-0.25, -0.2) is 0 Å². The molecule has 0 bridgehead atoms. The average molecular weight is 287 g/mol. The lowest BCUT2D eigenvalue weighted by molar-refractivity contribution is 0.0670. The maximum Gasteiger partial charge on any atom is 0.0332 e. The van der Waals surface area contributed by atoms with Crippen LogP contribution in [0, 0.1) is 5.41 Å². The van der Waals surface area contributed by atoms with Gasteiger partial charge in [0.15, 0.2) is 0 Å². The van der Waals surface area contributed by atoms with E-state index >= 15 is 0 Å². The van der Waals surface area contributed by atoms with Gasteiger partial charge >= 0.3 is 0 Å². The smallest absolute Gasteiger partial charge is 0.0332 e. The molecule has 0 radical (unpaired) electrons. The van der Waals surface area contributed by atoms with E-state index in [1.807, 2.05) is 11.8 Å². The summed E-state index contributed by atoms with van der Waals surface area (Å²) in [7, 11) is 2.32. The molecule has 0 amide bonds. The first-order valence-electron chi connectivity index (χ1n) is 7.83. The van der Waals surface area contributed by atoms with E-state index in [-0.39, 0.29) is 5.54 Å². The quantitative estimate of drug-likeness (QED) is 0.754. The van der Waals surface area contributed by atoms with Gasteiger partial charge in [-0.05, 0) is 50.8 Å². The van der Waals surface area contributed by atoms with Crippen molar-refractivity contribution in [3.8, 4) is 0 Å². The molecule has 0 spiro atoms. The van der Waals surface area contributed by atoms with Gasteiger partial charge in [0, 0.05) is 23.9 Å². The topological polar surface area (TPSA) is 29.3 Å². The molecule has 2 nitrogen and oxygen atoms in total. The van der Waals surface area contributed by atoms with Crippen molar-refractivity contribution in [2.75, 3.05) is 25.6 Å². The third kappa shape index (κ3) is 4.37. The molecule has 0 aliphatic heterocycles. The summed E-state index contributed by atoms with van der Waals surface area (Å²) in [5.41, 5.74) is 6.98. The van der Waals surface area contributed by atoms with Crippen LogP contribution >= 0.6 is 11.8 Å². The van der Waals surface area contributed by atoms with Crippen LogP contribution < -0.4 is 5.73 Å². The molecule has 2 N–H and O–H groups in total. The Bertz CT molecular complexity index is 267. The van der Waals surface area contributed by atoms with Crippen LogP contribution in [-0.4, -0.2) is 42.1 Å². The third-order valence-electron chi connectivity index (χ3n) is 5.27. The molecule has 1 saturated carbocycles. The molecule has 1 aliphatic rings. The van der Waals surface area contributed by atoms with E-state index in [9.17, 15) is 0 Å². The molecule has 3 heteroatoms. The molecule has 1 rings (SSSR count). The highest BCUT2D eigenvalue weighted by Crippen LogP contribution is 2.40. The summed E-state index contributed by atoms with van der Waals surface area (Å²) >= 11 is 1.96. The Hall–Kier alpha value is 0.270. The second-order valence-corrected chi connectivity index (χ2v) is 7.99. The van der Waals surface area contributed by atoms with Crippen LogP contribution in [0.4, 0.5) is 0 Å². The summed E-state index contributed by atoms with van der Waals surface area (Å²) in [6.07, 6.45) is 9.95. The minimum Gasteiger partial charge on any atom is -0.329 e. The van der Waals surface area contributed by atoms with Crippen molar-refractivity contribution in [2.45, 2.75) is 70.9 Å². The lowest BCUT2D eigenvalue weighted by Gasteiger charge is -2.45. The summed E-state index contributed by atoms with van der Waals surface area (Å²) in [5, 5.41) is 0. The zero-order valence-electron chi connectivity index (χ0n) is 13.7. The first kappa shape index (κ1) is 17.3. The molecule has 0 saturated heterocycles. The lowest BCUT2D eigenvalue weighted by Crippen LogP contribution is -2.56. The van der Waals surface area contributed by atoms with E-state index in [1.165, 1.54) is 44.3 Å². The molecule has 1 fully saturated rings. The van der Waals surface area contributed by atoms with E-state index in [1.54, 1.807) is 0 Å². The summed E-state index contributed by atoms with van der Waals surface area (Å²) < 4.78 is 0. The molecule has 2 unspecified atom stereocenters. The van der Waals surface area contributed by atoms with Crippen LogP contribution in [0.15, 0.2) is 0 Å². The number of thioether (sulfide) groups is 1. The maximum absolute atomic E-state index is 6.24. The largest absolute Gasteiger partial charge is 0.329 e. The van der Waals surface area contributed by atoms with Crippen molar-refractivity contribution in [1.82, 2.24) is 4.90 Å². The van der Waals surface area contributed by atoms with Gasteiger partial charge in [-0.2, -0.15) is 11.8 Å². The highest BCUT2D eigenvalue weighted by atomic mass is 32.2. The van der Waals surface area contributed by atoms with Crippen LogP contribution in [0.3, 0.4) is 0 Å². The van der Waals surface area contributed by atoms with Crippen molar-refractivity contribution in [3.05, 3.63) is 0 Å². The molecule has 114 valence electrons. The number of nitrogens with zero attached hydrogens (tertiary/aromatic N) is 1. The Morgan fingerprint density at radius 3 is 2.42 bits per heavy atom. The van der Waals surface area contributed by atoms with Crippen LogP contribution in [0.2, 0.25) is 0 Å². The molecular weight excluding hydrogens is 252 g/mol. The number of likely N-dealkylation sites (N-methyl/N-ethyl adjacent to an activating group) is 1. The Morgan fingerprint density at radius 2 is 1.89 bits per heavy atom. The molecule has 19 heavy (non-hydrogen) atoms. The molecule has 0 heterocycles. The predicted molar refractivity (Wildman–Crippen MR) is 88.9 cm³/mol. The van der Waals surface area contributed by atoms with E-state index < -0.39 is 0 Å². The Morgan fingerprint density at radius 1 is 1.21 bits per heavy atom. The summed E-state index contributed by atoms with van der Waals surface area (Å²) in [4.78, 5) is 2.63. The van der Waals surface area contributed by atoms with Crippen molar-refractivity contribution in [2.24, 2.45) is 11.1 Å². The Balaban J connectivity index is 2.83. The lowest BCUT2D eigenvalue weighted by atomic mass is 9.82. The third-order valence-corrected chi connectivity index (χ3v) is 5.99. The number of hydrogen-bond donors (Lipinski definition) is 1. The summed E-state index contributed by atoms with van der Waals surface area (Å²) in [5.74, 6) is 1.22. The average Bonchev–Trinajstić information content (AvgIpc) is 2.54. The standard InChI is InChI=1S/C16H34N2S/c1-6-14(12-19-5)18(4)16(13-17)9-7-8-15(2,3)10-11-16/h14H,6-13,17H2,1-5H3. The fourth-order valence-corrected chi connectivity index (χ4v) is 4.35. The molecule has 1 aliphatic carbocycles. The SMILES string of the molecule is CCC(CSC)N(C)C1(CN)CCCC(C)(C)CC1. The minimum absolute atomic E-state index is 0.240. The molecular formula is C16H34N2S. The zero-order chi connectivity index (χ0) is 14.5. The van der Waals surface area contributed by atoms with Gasteiger partial charge in [-0.1, -0.05) is 27.2 Å². The molecule has 0 aromatic heterocycles. The predicted octanol–water partition coefficient (Wildman–Crippen LogP) is 3.75. The van der Waals surface area contributed by atoms with Crippen molar-refractivity contribution in [1.29, 1.82) is 0 Å². The number of nitrogens with two attached hydrogens (primary N) is 1. The first-order chi connectivity index (χ1) is 8.90. The van der Waals surface area contributed by atoms with Gasteiger partial charge in [0.25, 0.3) is 0 Å². The molecule has 2 atom stereocenters. The number of rotatable bonds is 6. The van der Waals surface area contributed by atoms with Crippen molar-refractivity contribution < 1.29 is 0 Å². The van der Waals surface area contributed by atoms with Crippen LogP contribution in [-0.2, 0) is 0 Å². The fraction of sp³-hybridized carbons (Fsp3) is 1.00. The van der Waals surface area contributed by atoms with Gasteiger partial charge in [-0.15, -0.1) is 0 Å². The van der Waals surface area contributed by atoms with E-state index in [2.05, 4.69) is 39.0 Å². The van der Waals surface area contributed by atoms with E-state index in [4.69, 9.17) is 5.73 Å². The monoisotopic (exact) mass is 286 g/mol. The zero-order valence-corrected chi connectivity index (χ0v) is 14.5. The van der Waals surface area contributed by atoms with Crippen molar-refractivity contribution in [3.63, 3.8) is 0 Å².